The highest BCUT2D eigenvalue weighted by atomic mass is 35.5. The van der Waals surface area contributed by atoms with E-state index in [-0.39, 0.29) is 18.4 Å². The van der Waals surface area contributed by atoms with Crippen molar-refractivity contribution in [3.05, 3.63) is 94.2 Å². The lowest BCUT2D eigenvalue weighted by Gasteiger charge is -2.11. The fraction of sp³-hybridized carbons (Fsp3) is 0.0833. The van der Waals surface area contributed by atoms with E-state index in [4.69, 9.17) is 16.0 Å². The predicted molar refractivity (Wildman–Crippen MR) is 112 cm³/mol. The summed E-state index contributed by atoms with van der Waals surface area (Å²) in [7, 11) is 0. The Kier molecular flexibility index (Phi) is 4.03. The van der Waals surface area contributed by atoms with Crippen LogP contribution in [0.5, 0.6) is 0 Å². The Morgan fingerprint density at radius 3 is 2.10 bits per heavy atom. The third kappa shape index (κ3) is 2.84. The molecule has 0 spiro atoms. The third-order valence-corrected chi connectivity index (χ3v) is 5.48. The number of amides is 2. The first-order valence-electron chi connectivity index (χ1n) is 9.26. The molecule has 0 fully saturated rings. The lowest BCUT2D eigenvalue weighted by molar-refractivity contribution is 0.0632. The van der Waals surface area contributed by atoms with Crippen LogP contribution in [0.3, 0.4) is 0 Å². The van der Waals surface area contributed by atoms with Gasteiger partial charge in [0.25, 0.3) is 11.8 Å². The van der Waals surface area contributed by atoms with E-state index < -0.39 is 0 Å². The minimum Gasteiger partial charge on any atom is -0.459 e. The van der Waals surface area contributed by atoms with Crippen LogP contribution in [0.2, 0.25) is 5.02 Å². The molecule has 3 aromatic carbocycles. The number of rotatable bonds is 3. The number of nitrogens with zero attached hydrogens (tertiary/aromatic N) is 1. The van der Waals surface area contributed by atoms with Gasteiger partial charge in [0.15, 0.2) is 0 Å². The van der Waals surface area contributed by atoms with Crippen LogP contribution in [0.4, 0.5) is 0 Å². The minimum absolute atomic E-state index is 0.0753. The van der Waals surface area contributed by atoms with Crippen molar-refractivity contribution >= 4 is 34.4 Å². The Morgan fingerprint density at radius 2 is 1.45 bits per heavy atom. The average Bonchev–Trinajstić information content (AvgIpc) is 3.22. The molecule has 1 aromatic heterocycles. The molecule has 0 saturated heterocycles. The van der Waals surface area contributed by atoms with E-state index in [1.165, 1.54) is 4.90 Å². The second-order valence-corrected chi connectivity index (χ2v) is 7.58. The zero-order valence-electron chi connectivity index (χ0n) is 15.6. The van der Waals surface area contributed by atoms with Crippen LogP contribution in [-0.2, 0) is 6.54 Å². The van der Waals surface area contributed by atoms with Crippen LogP contribution >= 0.6 is 11.6 Å². The van der Waals surface area contributed by atoms with Gasteiger partial charge in [0.1, 0.15) is 11.3 Å². The van der Waals surface area contributed by atoms with Gasteiger partial charge in [-0.3, -0.25) is 14.5 Å². The Balaban J connectivity index is 1.57. The first-order chi connectivity index (χ1) is 14.0. The molecular weight excluding hydrogens is 386 g/mol. The van der Waals surface area contributed by atoms with Crippen LogP contribution in [0, 0.1) is 6.92 Å². The van der Waals surface area contributed by atoms with Crippen molar-refractivity contribution < 1.29 is 14.0 Å². The number of fused-ring (bicyclic) bond motifs is 2. The summed E-state index contributed by atoms with van der Waals surface area (Å²) in [5.74, 6) is -0.0713. The van der Waals surface area contributed by atoms with Crippen LogP contribution in [0.25, 0.3) is 22.1 Å². The van der Waals surface area contributed by atoms with Crippen molar-refractivity contribution in [3.8, 4) is 11.1 Å². The maximum Gasteiger partial charge on any atom is 0.261 e. The fourth-order valence-electron chi connectivity index (χ4n) is 3.86. The van der Waals surface area contributed by atoms with Crippen molar-refractivity contribution in [2.75, 3.05) is 0 Å². The van der Waals surface area contributed by atoms with Crippen LogP contribution in [0.1, 0.15) is 32.0 Å². The first-order valence-corrected chi connectivity index (χ1v) is 9.64. The summed E-state index contributed by atoms with van der Waals surface area (Å²) in [6.45, 7) is 2.11. The third-order valence-electron chi connectivity index (χ3n) is 5.26. The summed E-state index contributed by atoms with van der Waals surface area (Å²) in [6, 6.07) is 20.4. The van der Waals surface area contributed by atoms with E-state index in [1.54, 1.807) is 24.3 Å². The maximum atomic E-state index is 12.7. The normalized spacial score (nSPS) is 13.4. The minimum atomic E-state index is -0.303. The molecule has 4 nitrogen and oxygen atoms in total. The molecule has 1 aliphatic heterocycles. The molecular formula is C24H16ClNO3. The van der Waals surface area contributed by atoms with Gasteiger partial charge in [-0.15, -0.1) is 0 Å². The number of furan rings is 1. The van der Waals surface area contributed by atoms with Crippen LogP contribution in [0.15, 0.2) is 71.1 Å². The largest absolute Gasteiger partial charge is 0.459 e. The van der Waals surface area contributed by atoms with Gasteiger partial charge in [-0.05, 0) is 48.4 Å². The Labute approximate surface area is 172 Å². The Bertz CT molecular complexity index is 1270. The molecule has 5 heteroatoms. The zero-order chi connectivity index (χ0) is 20.1. The van der Waals surface area contributed by atoms with E-state index >= 15 is 0 Å². The number of carbonyl (C=O) groups excluding carboxylic acids is 2. The van der Waals surface area contributed by atoms with Crippen molar-refractivity contribution in [1.29, 1.82) is 0 Å². The summed E-state index contributed by atoms with van der Waals surface area (Å²) in [4.78, 5) is 26.5. The monoisotopic (exact) mass is 401 g/mol. The van der Waals surface area contributed by atoms with Gasteiger partial charge in [-0.25, -0.2) is 0 Å². The number of carbonyl (C=O) groups is 2. The molecule has 4 aromatic rings. The van der Waals surface area contributed by atoms with Gasteiger partial charge in [0, 0.05) is 16.0 Å². The summed E-state index contributed by atoms with van der Waals surface area (Å²) >= 11 is 6.35. The lowest BCUT2D eigenvalue weighted by Crippen LogP contribution is -2.28. The average molecular weight is 402 g/mol. The summed E-state index contributed by atoms with van der Waals surface area (Å²) < 4.78 is 6.12. The molecule has 0 atom stereocenters. The highest BCUT2D eigenvalue weighted by Gasteiger charge is 2.35. The smallest absolute Gasteiger partial charge is 0.261 e. The molecule has 0 N–H and O–H groups in total. The number of benzene rings is 3. The van der Waals surface area contributed by atoms with E-state index in [2.05, 4.69) is 0 Å². The van der Waals surface area contributed by atoms with E-state index in [1.807, 2.05) is 49.4 Å². The molecule has 29 heavy (non-hydrogen) atoms. The van der Waals surface area contributed by atoms with Crippen LogP contribution in [-0.4, -0.2) is 16.7 Å². The molecule has 142 valence electrons. The van der Waals surface area contributed by atoms with Gasteiger partial charge in [0.2, 0.25) is 0 Å². The number of imide groups is 1. The van der Waals surface area contributed by atoms with E-state index in [0.717, 1.165) is 22.1 Å². The molecule has 0 aliphatic carbocycles. The SMILES string of the molecule is Cc1ccccc1-c1cc(Cl)cc2cc(CN3C(=O)c4ccccc4C3=O)oc12. The number of hydrogen-bond acceptors (Lipinski definition) is 3. The molecule has 0 radical (unpaired) electrons. The molecule has 0 bridgehead atoms. The number of aryl methyl sites for hydroxylation is 1. The van der Waals surface area contributed by atoms with Crippen molar-refractivity contribution in [2.45, 2.75) is 13.5 Å². The van der Waals surface area contributed by atoms with Crippen molar-refractivity contribution in [2.24, 2.45) is 0 Å². The molecule has 0 saturated carbocycles. The standard InChI is InChI=1S/C24H16ClNO3/c1-14-6-2-3-7-18(14)21-12-16(25)10-15-11-17(29-22(15)21)13-26-23(27)19-8-4-5-9-20(19)24(26)28/h2-12H,13H2,1H3. The van der Waals surface area contributed by atoms with Crippen LogP contribution < -0.4 is 0 Å². The Morgan fingerprint density at radius 1 is 0.828 bits per heavy atom. The summed E-state index contributed by atoms with van der Waals surface area (Å²) in [5.41, 5.74) is 4.57. The first kappa shape index (κ1) is 17.7. The quantitative estimate of drug-likeness (QED) is 0.404. The highest BCUT2D eigenvalue weighted by Crippen LogP contribution is 2.36. The fourth-order valence-corrected chi connectivity index (χ4v) is 4.09. The van der Waals surface area contributed by atoms with E-state index in [0.29, 0.717) is 27.5 Å². The number of hydrogen-bond donors (Lipinski definition) is 0. The second-order valence-electron chi connectivity index (χ2n) is 7.14. The van der Waals surface area contributed by atoms with Gasteiger partial charge in [0.05, 0.1) is 17.7 Å². The topological polar surface area (TPSA) is 50.5 Å². The molecule has 5 rings (SSSR count). The second kappa shape index (κ2) is 6.61. The van der Waals surface area contributed by atoms with Crippen molar-refractivity contribution in [3.63, 3.8) is 0 Å². The zero-order valence-corrected chi connectivity index (χ0v) is 16.4. The summed E-state index contributed by atoms with van der Waals surface area (Å²) in [6.07, 6.45) is 0. The van der Waals surface area contributed by atoms with Crippen molar-refractivity contribution in [1.82, 2.24) is 4.90 Å². The van der Waals surface area contributed by atoms with Gasteiger partial charge in [-0.2, -0.15) is 0 Å². The highest BCUT2D eigenvalue weighted by molar-refractivity contribution is 6.32. The molecule has 2 amide bonds. The van der Waals surface area contributed by atoms with Gasteiger partial charge < -0.3 is 4.42 Å². The molecule has 2 heterocycles. The predicted octanol–water partition coefficient (Wildman–Crippen LogP) is 5.86. The molecule has 1 aliphatic rings. The Hall–Kier alpha value is -3.37. The van der Waals surface area contributed by atoms with Gasteiger partial charge >= 0.3 is 0 Å². The maximum absolute atomic E-state index is 12.7. The number of halogens is 1. The lowest BCUT2D eigenvalue weighted by atomic mass is 9.99. The van der Waals surface area contributed by atoms with Gasteiger partial charge in [-0.1, -0.05) is 48.0 Å². The van der Waals surface area contributed by atoms with E-state index in [9.17, 15) is 9.59 Å². The summed E-state index contributed by atoms with van der Waals surface area (Å²) in [5, 5.41) is 1.44. The molecule has 0 unspecified atom stereocenters.